The zero-order valence-corrected chi connectivity index (χ0v) is 12.2. The van der Waals surface area contributed by atoms with Crippen molar-refractivity contribution < 1.29 is 4.79 Å². The number of amides is 1. The van der Waals surface area contributed by atoms with Gasteiger partial charge in [-0.3, -0.25) is 4.79 Å². The Morgan fingerprint density at radius 2 is 1.95 bits per heavy atom. The molecule has 0 bridgehead atoms. The second-order valence-corrected chi connectivity index (χ2v) is 6.30. The van der Waals surface area contributed by atoms with E-state index in [-0.39, 0.29) is 17.9 Å². The van der Waals surface area contributed by atoms with Crippen molar-refractivity contribution in [2.45, 2.75) is 32.2 Å². The van der Waals surface area contributed by atoms with Crippen LogP contribution < -0.4 is 5.32 Å². The average Bonchev–Trinajstić information content (AvgIpc) is 2.99. The van der Waals surface area contributed by atoms with Gasteiger partial charge in [-0.1, -0.05) is 37.3 Å². The molecular formula is C17H24N2O. The van der Waals surface area contributed by atoms with Crippen LogP contribution in [0.5, 0.6) is 0 Å². The molecule has 1 heterocycles. The highest BCUT2D eigenvalue weighted by molar-refractivity contribution is 5.81. The van der Waals surface area contributed by atoms with E-state index in [9.17, 15) is 4.79 Å². The highest BCUT2D eigenvalue weighted by Gasteiger charge is 2.40. The van der Waals surface area contributed by atoms with E-state index in [1.54, 1.807) is 0 Å². The smallest absolute Gasteiger partial charge is 0.223 e. The quantitative estimate of drug-likeness (QED) is 0.893. The molecule has 20 heavy (non-hydrogen) atoms. The third kappa shape index (κ3) is 3.21. The Bertz CT molecular complexity index is 453. The molecule has 1 aromatic rings. The fourth-order valence-corrected chi connectivity index (χ4v) is 3.11. The SMILES string of the molecule is CC1CC1C(=O)NC(CN1CCCC1)c1ccccc1. The van der Waals surface area contributed by atoms with Gasteiger partial charge in [-0.2, -0.15) is 0 Å². The second-order valence-electron chi connectivity index (χ2n) is 6.30. The van der Waals surface area contributed by atoms with Gasteiger partial charge in [0.1, 0.15) is 0 Å². The normalized spacial score (nSPS) is 27.2. The summed E-state index contributed by atoms with van der Waals surface area (Å²) in [4.78, 5) is 14.7. The first-order valence-electron chi connectivity index (χ1n) is 7.81. The van der Waals surface area contributed by atoms with Crippen molar-refractivity contribution in [3.05, 3.63) is 35.9 Å². The number of rotatable bonds is 5. The molecule has 3 nitrogen and oxygen atoms in total. The third-order valence-electron chi connectivity index (χ3n) is 4.60. The molecule has 1 amide bonds. The van der Waals surface area contributed by atoms with Crippen LogP contribution in [0.4, 0.5) is 0 Å². The lowest BCUT2D eigenvalue weighted by Crippen LogP contribution is -2.37. The minimum absolute atomic E-state index is 0.134. The number of nitrogens with one attached hydrogen (secondary N) is 1. The second kappa shape index (κ2) is 5.96. The van der Waals surface area contributed by atoms with Crippen LogP contribution >= 0.6 is 0 Å². The fourth-order valence-electron chi connectivity index (χ4n) is 3.11. The molecule has 0 spiro atoms. The van der Waals surface area contributed by atoms with Crippen molar-refractivity contribution >= 4 is 5.91 Å². The molecule has 1 aliphatic carbocycles. The van der Waals surface area contributed by atoms with Gasteiger partial charge in [0.15, 0.2) is 0 Å². The summed E-state index contributed by atoms with van der Waals surface area (Å²) in [6, 6.07) is 10.5. The van der Waals surface area contributed by atoms with Crippen LogP contribution in [0.25, 0.3) is 0 Å². The van der Waals surface area contributed by atoms with E-state index in [1.807, 2.05) is 6.07 Å². The summed E-state index contributed by atoms with van der Waals surface area (Å²) in [6.45, 7) is 5.43. The van der Waals surface area contributed by atoms with Crippen LogP contribution in [0, 0.1) is 11.8 Å². The van der Waals surface area contributed by atoms with Crippen LogP contribution in [0.3, 0.4) is 0 Å². The van der Waals surface area contributed by atoms with E-state index in [2.05, 4.69) is 41.4 Å². The summed E-state index contributed by atoms with van der Waals surface area (Å²) in [5.74, 6) is 1.06. The van der Waals surface area contributed by atoms with E-state index in [4.69, 9.17) is 0 Å². The Balaban J connectivity index is 1.67. The number of carbonyl (C=O) groups excluding carboxylic acids is 1. The molecule has 1 saturated carbocycles. The average molecular weight is 272 g/mol. The van der Waals surface area contributed by atoms with E-state index in [1.165, 1.54) is 31.5 Å². The summed E-state index contributed by atoms with van der Waals surface area (Å²) in [5, 5.41) is 3.27. The van der Waals surface area contributed by atoms with Gasteiger partial charge in [0.05, 0.1) is 6.04 Å². The summed E-state index contributed by atoms with van der Waals surface area (Å²) >= 11 is 0. The Hall–Kier alpha value is -1.35. The van der Waals surface area contributed by atoms with Crippen molar-refractivity contribution in [3.8, 4) is 0 Å². The zero-order valence-electron chi connectivity index (χ0n) is 12.2. The van der Waals surface area contributed by atoms with Crippen LogP contribution in [0.1, 0.15) is 37.8 Å². The van der Waals surface area contributed by atoms with Crippen molar-refractivity contribution in [1.29, 1.82) is 0 Å². The van der Waals surface area contributed by atoms with Gasteiger partial charge >= 0.3 is 0 Å². The van der Waals surface area contributed by atoms with Gasteiger partial charge in [0, 0.05) is 12.5 Å². The van der Waals surface area contributed by atoms with Crippen LogP contribution in [0.15, 0.2) is 30.3 Å². The van der Waals surface area contributed by atoms with E-state index >= 15 is 0 Å². The van der Waals surface area contributed by atoms with Gasteiger partial charge in [-0.25, -0.2) is 0 Å². The molecule has 3 unspecified atom stereocenters. The van der Waals surface area contributed by atoms with Gasteiger partial charge < -0.3 is 10.2 Å². The standard InChI is InChI=1S/C17H24N2O/c1-13-11-15(13)17(20)18-16(12-19-9-5-6-10-19)14-7-3-2-4-8-14/h2-4,7-8,13,15-16H,5-6,9-12H2,1H3,(H,18,20). The molecular weight excluding hydrogens is 248 g/mol. The third-order valence-corrected chi connectivity index (χ3v) is 4.60. The lowest BCUT2D eigenvalue weighted by atomic mass is 10.1. The number of hydrogen-bond acceptors (Lipinski definition) is 2. The maximum absolute atomic E-state index is 12.2. The summed E-state index contributed by atoms with van der Waals surface area (Å²) in [5.41, 5.74) is 1.22. The number of likely N-dealkylation sites (tertiary alicyclic amines) is 1. The van der Waals surface area contributed by atoms with Crippen molar-refractivity contribution in [3.63, 3.8) is 0 Å². The zero-order chi connectivity index (χ0) is 13.9. The van der Waals surface area contributed by atoms with Gasteiger partial charge in [0.25, 0.3) is 0 Å². The molecule has 1 aliphatic heterocycles. The highest BCUT2D eigenvalue weighted by Crippen LogP contribution is 2.38. The first-order chi connectivity index (χ1) is 9.74. The predicted molar refractivity (Wildman–Crippen MR) is 80.3 cm³/mol. The maximum atomic E-state index is 12.2. The summed E-state index contributed by atoms with van der Waals surface area (Å²) < 4.78 is 0. The number of benzene rings is 1. The maximum Gasteiger partial charge on any atom is 0.223 e. The van der Waals surface area contributed by atoms with Crippen LogP contribution in [-0.4, -0.2) is 30.4 Å². The molecule has 2 fully saturated rings. The molecule has 108 valence electrons. The van der Waals surface area contributed by atoms with E-state index in [0.717, 1.165) is 13.0 Å². The molecule has 0 radical (unpaired) electrons. The predicted octanol–water partition coefficient (Wildman–Crippen LogP) is 2.60. The molecule has 1 saturated heterocycles. The first kappa shape index (κ1) is 13.6. The highest BCUT2D eigenvalue weighted by atomic mass is 16.2. The fraction of sp³-hybridized carbons (Fsp3) is 0.588. The largest absolute Gasteiger partial charge is 0.348 e. The Morgan fingerprint density at radius 3 is 2.55 bits per heavy atom. The topological polar surface area (TPSA) is 32.3 Å². The van der Waals surface area contributed by atoms with Crippen molar-refractivity contribution in [2.24, 2.45) is 11.8 Å². The molecule has 1 aromatic carbocycles. The number of nitrogens with zero attached hydrogens (tertiary/aromatic N) is 1. The lowest BCUT2D eigenvalue weighted by molar-refractivity contribution is -0.123. The summed E-state index contributed by atoms with van der Waals surface area (Å²) in [7, 11) is 0. The molecule has 3 rings (SSSR count). The molecule has 0 aromatic heterocycles. The molecule has 3 heteroatoms. The number of hydrogen-bond donors (Lipinski definition) is 1. The minimum atomic E-state index is 0.134. The van der Waals surface area contributed by atoms with Gasteiger partial charge in [0.2, 0.25) is 5.91 Å². The first-order valence-corrected chi connectivity index (χ1v) is 7.81. The van der Waals surface area contributed by atoms with Gasteiger partial charge in [-0.15, -0.1) is 0 Å². The Kier molecular flexibility index (Phi) is 4.06. The minimum Gasteiger partial charge on any atom is -0.348 e. The Labute approximate surface area is 121 Å². The van der Waals surface area contributed by atoms with E-state index < -0.39 is 0 Å². The van der Waals surface area contributed by atoms with Crippen molar-refractivity contribution in [2.75, 3.05) is 19.6 Å². The summed E-state index contributed by atoms with van der Waals surface area (Å²) in [6.07, 6.45) is 3.63. The van der Waals surface area contributed by atoms with Crippen LogP contribution in [0.2, 0.25) is 0 Å². The van der Waals surface area contributed by atoms with Crippen molar-refractivity contribution in [1.82, 2.24) is 10.2 Å². The molecule has 2 aliphatic rings. The van der Waals surface area contributed by atoms with Crippen LogP contribution in [-0.2, 0) is 4.79 Å². The number of carbonyl (C=O) groups is 1. The molecule has 3 atom stereocenters. The molecule has 1 N–H and O–H groups in total. The lowest BCUT2D eigenvalue weighted by Gasteiger charge is -2.25. The monoisotopic (exact) mass is 272 g/mol. The van der Waals surface area contributed by atoms with E-state index in [0.29, 0.717) is 5.92 Å². The van der Waals surface area contributed by atoms with Gasteiger partial charge in [-0.05, 0) is 43.8 Å². The Morgan fingerprint density at radius 1 is 1.30 bits per heavy atom.